The number of carboxylic acids is 1. The fourth-order valence-corrected chi connectivity index (χ4v) is 1.92. The number of hydrogen-bond acceptors (Lipinski definition) is 3. The molecule has 100 valence electrons. The van der Waals surface area contributed by atoms with E-state index < -0.39 is 5.97 Å². The van der Waals surface area contributed by atoms with Crippen molar-refractivity contribution in [1.82, 2.24) is 0 Å². The highest BCUT2D eigenvalue weighted by molar-refractivity contribution is 6.30. The summed E-state index contributed by atoms with van der Waals surface area (Å²) in [4.78, 5) is 12.6. The Labute approximate surface area is 117 Å². The van der Waals surface area contributed by atoms with E-state index in [4.69, 9.17) is 22.0 Å². The molecule has 0 atom stereocenters. The topological polar surface area (TPSA) is 64.3 Å². The van der Waals surface area contributed by atoms with Gasteiger partial charge in [-0.15, -0.1) is 0 Å². The smallest absolute Gasteiger partial charge is 0.328 e. The molecule has 1 rings (SSSR count). The Morgan fingerprint density at radius 2 is 2.32 bits per heavy atom. The normalized spacial score (nSPS) is 10.4. The second-order valence-corrected chi connectivity index (χ2v) is 4.30. The average molecular weight is 279 g/mol. The molecule has 0 fully saturated rings. The second kappa shape index (κ2) is 7.45. The highest BCUT2D eigenvalue weighted by atomic mass is 35.5. The van der Waals surface area contributed by atoms with Crippen molar-refractivity contribution < 1.29 is 9.90 Å². The maximum absolute atomic E-state index is 10.6. The van der Waals surface area contributed by atoms with Gasteiger partial charge in [0.05, 0.1) is 12.5 Å². The van der Waals surface area contributed by atoms with Gasteiger partial charge in [-0.2, -0.15) is 5.26 Å². The lowest BCUT2D eigenvalue weighted by atomic mass is 10.1. The van der Waals surface area contributed by atoms with Gasteiger partial charge in [-0.25, -0.2) is 4.79 Å². The van der Waals surface area contributed by atoms with Gasteiger partial charge in [0.15, 0.2) is 0 Å². The summed E-state index contributed by atoms with van der Waals surface area (Å²) in [5.74, 6) is -1.01. The van der Waals surface area contributed by atoms with E-state index in [1.165, 1.54) is 6.08 Å². The van der Waals surface area contributed by atoms with Crippen LogP contribution in [0.5, 0.6) is 0 Å². The van der Waals surface area contributed by atoms with Gasteiger partial charge >= 0.3 is 5.97 Å². The predicted octanol–water partition coefficient (Wildman–Crippen LogP) is 3.18. The van der Waals surface area contributed by atoms with Crippen molar-refractivity contribution in [2.45, 2.75) is 13.3 Å². The minimum absolute atomic E-state index is 0.415. The number of hydrogen-bond donors (Lipinski definition) is 1. The molecular weight excluding hydrogens is 264 g/mol. The first-order chi connectivity index (χ1) is 9.08. The fourth-order valence-electron chi connectivity index (χ4n) is 1.74. The van der Waals surface area contributed by atoms with E-state index in [0.717, 1.165) is 23.9 Å². The lowest BCUT2D eigenvalue weighted by molar-refractivity contribution is -0.131. The third-order valence-corrected chi connectivity index (χ3v) is 2.85. The third kappa shape index (κ3) is 4.65. The Bertz CT molecular complexity index is 521. The number of nitriles is 1. The molecule has 1 N–H and O–H groups in total. The SMILES string of the molecule is CCN(CCC#N)c1ccc(Cl)cc1/C=C/C(=O)O. The van der Waals surface area contributed by atoms with Crippen LogP contribution in [0.3, 0.4) is 0 Å². The molecule has 0 aliphatic heterocycles. The van der Waals surface area contributed by atoms with Crippen LogP contribution in [0.1, 0.15) is 18.9 Å². The number of anilines is 1. The van der Waals surface area contributed by atoms with Crippen LogP contribution < -0.4 is 4.90 Å². The van der Waals surface area contributed by atoms with Gasteiger partial charge in [-0.3, -0.25) is 0 Å². The number of benzene rings is 1. The number of carbonyl (C=O) groups is 1. The molecule has 0 spiro atoms. The van der Waals surface area contributed by atoms with Crippen molar-refractivity contribution in [1.29, 1.82) is 5.26 Å². The van der Waals surface area contributed by atoms with Gasteiger partial charge in [-0.05, 0) is 36.8 Å². The van der Waals surface area contributed by atoms with E-state index >= 15 is 0 Å². The van der Waals surface area contributed by atoms with E-state index in [9.17, 15) is 4.79 Å². The van der Waals surface area contributed by atoms with E-state index in [0.29, 0.717) is 18.0 Å². The lowest BCUT2D eigenvalue weighted by Crippen LogP contribution is -2.24. The summed E-state index contributed by atoms with van der Waals surface area (Å²) in [6, 6.07) is 7.41. The van der Waals surface area contributed by atoms with Crippen LogP contribution in [0.2, 0.25) is 5.02 Å². The van der Waals surface area contributed by atoms with Gasteiger partial charge < -0.3 is 10.0 Å². The van der Waals surface area contributed by atoms with E-state index in [1.54, 1.807) is 12.1 Å². The number of halogens is 1. The molecule has 0 bridgehead atoms. The summed E-state index contributed by atoms with van der Waals surface area (Å²) in [7, 11) is 0. The minimum atomic E-state index is -1.01. The van der Waals surface area contributed by atoms with Gasteiger partial charge in [0, 0.05) is 29.9 Å². The van der Waals surface area contributed by atoms with Gasteiger partial charge in [0.2, 0.25) is 0 Å². The second-order valence-electron chi connectivity index (χ2n) is 3.86. The third-order valence-electron chi connectivity index (χ3n) is 2.61. The van der Waals surface area contributed by atoms with Gasteiger partial charge in [-0.1, -0.05) is 11.6 Å². The molecule has 0 unspecified atom stereocenters. The summed E-state index contributed by atoms with van der Waals surface area (Å²) in [6.45, 7) is 3.32. The van der Waals surface area contributed by atoms with E-state index in [-0.39, 0.29) is 0 Å². The van der Waals surface area contributed by atoms with E-state index in [2.05, 4.69) is 6.07 Å². The Morgan fingerprint density at radius 3 is 2.89 bits per heavy atom. The Morgan fingerprint density at radius 1 is 1.58 bits per heavy atom. The standard InChI is InChI=1S/C14H15ClN2O2/c1-2-17(9-3-8-16)13-6-5-12(15)10-11(13)4-7-14(18)19/h4-7,10H,2-3,9H2,1H3,(H,18,19)/b7-4+. The molecule has 0 aliphatic carbocycles. The molecule has 0 saturated heterocycles. The molecule has 0 aromatic heterocycles. The first-order valence-electron chi connectivity index (χ1n) is 5.91. The molecule has 0 amide bonds. The van der Waals surface area contributed by atoms with Crippen LogP contribution in [-0.4, -0.2) is 24.2 Å². The molecule has 0 saturated carbocycles. The molecule has 0 aliphatic rings. The zero-order chi connectivity index (χ0) is 14.3. The summed E-state index contributed by atoms with van der Waals surface area (Å²) < 4.78 is 0. The molecular formula is C14H15ClN2O2. The van der Waals surface area contributed by atoms with Crippen molar-refractivity contribution in [3.8, 4) is 6.07 Å². The van der Waals surface area contributed by atoms with Crippen LogP contribution >= 0.6 is 11.6 Å². The first-order valence-corrected chi connectivity index (χ1v) is 6.28. The molecule has 5 heteroatoms. The number of nitrogens with zero attached hydrogens (tertiary/aromatic N) is 2. The maximum Gasteiger partial charge on any atom is 0.328 e. The number of aliphatic carboxylic acids is 1. The minimum Gasteiger partial charge on any atom is -0.478 e. The van der Waals surface area contributed by atoms with Gasteiger partial charge in [0.25, 0.3) is 0 Å². The fraction of sp³-hybridized carbons (Fsp3) is 0.286. The largest absolute Gasteiger partial charge is 0.478 e. The summed E-state index contributed by atoms with van der Waals surface area (Å²) in [5.41, 5.74) is 1.61. The molecule has 4 nitrogen and oxygen atoms in total. The summed E-state index contributed by atoms with van der Waals surface area (Å²) >= 11 is 5.93. The van der Waals surface area contributed by atoms with Crippen LogP contribution in [0.25, 0.3) is 6.08 Å². The highest BCUT2D eigenvalue weighted by Gasteiger charge is 2.08. The number of carboxylic acid groups (broad SMARTS) is 1. The van der Waals surface area contributed by atoms with Crippen molar-refractivity contribution in [3.63, 3.8) is 0 Å². The average Bonchev–Trinajstić information content (AvgIpc) is 2.38. The molecule has 19 heavy (non-hydrogen) atoms. The molecule has 1 aromatic rings. The van der Waals surface area contributed by atoms with Gasteiger partial charge in [0.1, 0.15) is 0 Å². The lowest BCUT2D eigenvalue weighted by Gasteiger charge is -2.24. The highest BCUT2D eigenvalue weighted by Crippen LogP contribution is 2.25. The summed E-state index contributed by atoms with van der Waals surface area (Å²) in [6.07, 6.45) is 3.00. The monoisotopic (exact) mass is 278 g/mol. The van der Waals surface area contributed by atoms with Crippen molar-refractivity contribution in [3.05, 3.63) is 34.9 Å². The van der Waals surface area contributed by atoms with E-state index in [1.807, 2.05) is 17.9 Å². The first kappa shape index (κ1) is 15.1. The Kier molecular flexibility index (Phi) is 5.91. The van der Waals surface area contributed by atoms with Crippen molar-refractivity contribution in [2.24, 2.45) is 0 Å². The van der Waals surface area contributed by atoms with Crippen LogP contribution in [0, 0.1) is 11.3 Å². The molecule has 1 aromatic carbocycles. The zero-order valence-corrected chi connectivity index (χ0v) is 11.4. The molecule has 0 radical (unpaired) electrons. The van der Waals surface area contributed by atoms with Crippen LogP contribution in [0.15, 0.2) is 24.3 Å². The summed E-state index contributed by atoms with van der Waals surface area (Å²) in [5, 5.41) is 17.9. The predicted molar refractivity (Wildman–Crippen MR) is 76.2 cm³/mol. The molecule has 0 heterocycles. The van der Waals surface area contributed by atoms with Crippen molar-refractivity contribution in [2.75, 3.05) is 18.0 Å². The number of rotatable bonds is 6. The maximum atomic E-state index is 10.6. The van der Waals surface area contributed by atoms with Crippen LogP contribution in [-0.2, 0) is 4.79 Å². The quantitative estimate of drug-likeness (QED) is 0.812. The van der Waals surface area contributed by atoms with Crippen LogP contribution in [0.4, 0.5) is 5.69 Å². The Hall–Kier alpha value is -1.99. The Balaban J connectivity index is 3.10. The zero-order valence-electron chi connectivity index (χ0n) is 10.6. The van der Waals surface area contributed by atoms with Crippen molar-refractivity contribution >= 4 is 29.3 Å².